The Labute approximate surface area is 85.2 Å². The van der Waals surface area contributed by atoms with Crippen LogP contribution >= 0.6 is 0 Å². The van der Waals surface area contributed by atoms with Crippen LogP contribution < -0.4 is 0 Å². The fourth-order valence-corrected chi connectivity index (χ4v) is 3.95. The molecule has 2 heteroatoms. The summed E-state index contributed by atoms with van der Waals surface area (Å²) >= 11 is 0. The molecule has 2 atom stereocenters. The Morgan fingerprint density at radius 2 is 1.57 bits per heavy atom. The van der Waals surface area contributed by atoms with E-state index >= 15 is 0 Å². The number of nitriles is 1. The minimum Gasteiger partial charge on any atom is -0.349 e. The molecule has 3 fully saturated rings. The molecular weight excluding hydrogens is 174 g/mol. The third-order valence-electron chi connectivity index (χ3n) is 4.72. The summed E-state index contributed by atoms with van der Waals surface area (Å²) in [6.07, 6.45) is 10.3. The van der Waals surface area contributed by atoms with E-state index in [2.05, 4.69) is 6.07 Å². The van der Waals surface area contributed by atoms with Crippen LogP contribution in [0.3, 0.4) is 0 Å². The van der Waals surface area contributed by atoms with E-state index in [1.807, 2.05) is 0 Å². The Hall–Kier alpha value is -0.550. The van der Waals surface area contributed by atoms with Crippen LogP contribution in [0.25, 0.3) is 0 Å². The molecule has 0 amide bonds. The minimum atomic E-state index is -0.0686. The molecule has 1 aliphatic heterocycles. The number of hydrogen-bond donors (Lipinski definition) is 0. The van der Waals surface area contributed by atoms with Crippen molar-refractivity contribution in [3.63, 3.8) is 0 Å². The summed E-state index contributed by atoms with van der Waals surface area (Å²) in [7, 11) is 0. The van der Waals surface area contributed by atoms with E-state index in [1.54, 1.807) is 0 Å². The predicted molar refractivity (Wildman–Crippen MR) is 52.6 cm³/mol. The van der Waals surface area contributed by atoms with Gasteiger partial charge in [-0.3, -0.25) is 0 Å². The van der Waals surface area contributed by atoms with Crippen molar-refractivity contribution in [2.24, 2.45) is 5.41 Å². The van der Waals surface area contributed by atoms with Gasteiger partial charge in [0.25, 0.3) is 0 Å². The van der Waals surface area contributed by atoms with E-state index < -0.39 is 0 Å². The van der Waals surface area contributed by atoms with E-state index in [0.29, 0.717) is 5.41 Å². The van der Waals surface area contributed by atoms with Crippen LogP contribution in [0.5, 0.6) is 0 Å². The molecule has 0 aromatic rings. The van der Waals surface area contributed by atoms with Gasteiger partial charge in [-0.1, -0.05) is 25.7 Å². The molecule has 0 aromatic heterocycles. The van der Waals surface area contributed by atoms with Crippen LogP contribution in [0.4, 0.5) is 0 Å². The van der Waals surface area contributed by atoms with Gasteiger partial charge in [0.05, 0.1) is 6.07 Å². The zero-order chi connectivity index (χ0) is 9.65. The summed E-state index contributed by atoms with van der Waals surface area (Å²) in [6.45, 7) is 0. The van der Waals surface area contributed by atoms with E-state index in [-0.39, 0.29) is 11.7 Å². The fraction of sp³-hybridized carbons (Fsp3) is 0.917. The van der Waals surface area contributed by atoms with Crippen LogP contribution in [0.1, 0.15) is 51.4 Å². The highest BCUT2D eigenvalue weighted by Crippen LogP contribution is 2.64. The lowest BCUT2D eigenvalue weighted by Gasteiger charge is -2.39. The van der Waals surface area contributed by atoms with Crippen molar-refractivity contribution in [2.45, 2.75) is 63.1 Å². The Morgan fingerprint density at radius 3 is 2.07 bits per heavy atom. The number of nitrogens with zero attached hydrogens (tertiary/aromatic N) is 1. The van der Waals surface area contributed by atoms with E-state index in [9.17, 15) is 0 Å². The molecule has 1 heterocycles. The molecule has 3 aliphatic rings. The lowest BCUT2D eigenvalue weighted by atomic mass is 9.63. The molecule has 14 heavy (non-hydrogen) atoms. The first-order chi connectivity index (χ1) is 6.83. The molecule has 2 nitrogen and oxygen atoms in total. The molecule has 2 unspecified atom stereocenters. The third kappa shape index (κ3) is 0.892. The van der Waals surface area contributed by atoms with Crippen molar-refractivity contribution in [1.82, 2.24) is 0 Å². The summed E-state index contributed by atoms with van der Waals surface area (Å²) in [5.41, 5.74) is 0.419. The predicted octanol–water partition coefficient (Wildman–Crippen LogP) is 2.78. The van der Waals surface area contributed by atoms with Gasteiger partial charge in [0, 0.05) is 5.41 Å². The Balaban J connectivity index is 1.91. The summed E-state index contributed by atoms with van der Waals surface area (Å²) in [6, 6.07) is 2.33. The van der Waals surface area contributed by atoms with Gasteiger partial charge in [0.15, 0.2) is 6.10 Å². The molecule has 0 bridgehead atoms. The van der Waals surface area contributed by atoms with Crippen molar-refractivity contribution >= 4 is 0 Å². The lowest BCUT2D eigenvalue weighted by molar-refractivity contribution is 0.0568. The van der Waals surface area contributed by atoms with Gasteiger partial charge in [-0.2, -0.15) is 5.26 Å². The van der Waals surface area contributed by atoms with E-state index in [4.69, 9.17) is 10.00 Å². The summed E-state index contributed by atoms with van der Waals surface area (Å²) in [4.78, 5) is 0. The first kappa shape index (κ1) is 8.73. The first-order valence-corrected chi connectivity index (χ1v) is 5.90. The standard InChI is InChI=1S/C12H17NO/c13-9-10-12(14-10)8-4-3-7-11(12)5-1-2-6-11/h10H,1-8H2. The number of hydrogen-bond acceptors (Lipinski definition) is 2. The number of epoxide rings is 1. The van der Waals surface area contributed by atoms with Crippen molar-refractivity contribution in [1.29, 1.82) is 5.26 Å². The minimum absolute atomic E-state index is 0.0104. The Bertz CT molecular complexity index is 287. The number of fused-ring (bicyclic) bond motifs is 1. The maximum absolute atomic E-state index is 8.99. The number of rotatable bonds is 0. The highest BCUT2D eigenvalue weighted by atomic mass is 16.6. The lowest BCUT2D eigenvalue weighted by Crippen LogP contribution is -2.40. The van der Waals surface area contributed by atoms with Gasteiger partial charge < -0.3 is 4.74 Å². The summed E-state index contributed by atoms with van der Waals surface area (Å²) in [5.74, 6) is 0. The zero-order valence-corrected chi connectivity index (χ0v) is 8.59. The molecule has 0 aromatic carbocycles. The molecule has 3 rings (SSSR count). The second-order valence-corrected chi connectivity index (χ2v) is 5.21. The van der Waals surface area contributed by atoms with E-state index in [0.717, 1.165) is 6.42 Å². The van der Waals surface area contributed by atoms with Gasteiger partial charge in [-0.05, 0) is 25.7 Å². The highest BCUT2D eigenvalue weighted by molar-refractivity contribution is 5.23. The molecule has 0 radical (unpaired) electrons. The topological polar surface area (TPSA) is 36.3 Å². The molecule has 2 spiro atoms. The largest absolute Gasteiger partial charge is 0.349 e. The van der Waals surface area contributed by atoms with Crippen molar-refractivity contribution < 1.29 is 4.74 Å². The molecule has 1 saturated heterocycles. The Morgan fingerprint density at radius 1 is 1.00 bits per heavy atom. The SMILES string of the molecule is N#CC1OC12CCCCC21CCCC1. The van der Waals surface area contributed by atoms with Crippen LogP contribution in [0.15, 0.2) is 0 Å². The average Bonchev–Trinajstić information content (AvgIpc) is 2.73. The maximum Gasteiger partial charge on any atom is 0.174 e. The second-order valence-electron chi connectivity index (χ2n) is 5.21. The second kappa shape index (κ2) is 2.73. The van der Waals surface area contributed by atoms with Gasteiger partial charge >= 0.3 is 0 Å². The molecular formula is C12H17NO. The monoisotopic (exact) mass is 191 g/mol. The van der Waals surface area contributed by atoms with Crippen molar-refractivity contribution in [2.75, 3.05) is 0 Å². The van der Waals surface area contributed by atoms with Crippen molar-refractivity contribution in [3.05, 3.63) is 0 Å². The van der Waals surface area contributed by atoms with Crippen LogP contribution in [0.2, 0.25) is 0 Å². The van der Waals surface area contributed by atoms with E-state index in [1.165, 1.54) is 44.9 Å². The third-order valence-corrected chi connectivity index (χ3v) is 4.72. The normalized spacial score (nSPS) is 44.1. The zero-order valence-electron chi connectivity index (χ0n) is 8.59. The molecule has 76 valence electrons. The first-order valence-electron chi connectivity index (χ1n) is 5.90. The van der Waals surface area contributed by atoms with Gasteiger partial charge in [0.1, 0.15) is 5.60 Å². The highest BCUT2D eigenvalue weighted by Gasteiger charge is 2.69. The average molecular weight is 191 g/mol. The molecule has 2 aliphatic carbocycles. The number of ether oxygens (including phenoxy) is 1. The van der Waals surface area contributed by atoms with Gasteiger partial charge in [-0.25, -0.2) is 0 Å². The fourth-order valence-electron chi connectivity index (χ4n) is 3.95. The van der Waals surface area contributed by atoms with Crippen LogP contribution in [-0.2, 0) is 4.74 Å². The molecule has 0 N–H and O–H groups in total. The molecule has 2 saturated carbocycles. The van der Waals surface area contributed by atoms with Gasteiger partial charge in [-0.15, -0.1) is 0 Å². The van der Waals surface area contributed by atoms with Crippen molar-refractivity contribution in [3.8, 4) is 6.07 Å². The Kier molecular flexibility index (Phi) is 1.70. The van der Waals surface area contributed by atoms with Gasteiger partial charge in [0.2, 0.25) is 0 Å². The quantitative estimate of drug-likeness (QED) is 0.552. The van der Waals surface area contributed by atoms with Crippen LogP contribution in [-0.4, -0.2) is 11.7 Å². The van der Waals surface area contributed by atoms with Crippen LogP contribution in [0, 0.1) is 16.7 Å². The summed E-state index contributed by atoms with van der Waals surface area (Å²) in [5, 5.41) is 8.99. The summed E-state index contributed by atoms with van der Waals surface area (Å²) < 4.78 is 5.77. The smallest absolute Gasteiger partial charge is 0.174 e. The maximum atomic E-state index is 8.99.